The molecular formula is C14H18N2O2. The SMILES string of the molecule is CC(C)Oc1ccccc1NC(=O)C(C)CC#N. The monoisotopic (exact) mass is 246 g/mol. The lowest BCUT2D eigenvalue weighted by atomic mass is 10.1. The number of amides is 1. The molecule has 0 saturated heterocycles. The Morgan fingerprint density at radius 1 is 1.39 bits per heavy atom. The predicted octanol–water partition coefficient (Wildman–Crippen LogP) is 2.96. The topological polar surface area (TPSA) is 62.1 Å². The normalized spacial score (nSPS) is 11.7. The fourth-order valence-corrected chi connectivity index (χ4v) is 1.41. The molecule has 4 nitrogen and oxygen atoms in total. The zero-order valence-electron chi connectivity index (χ0n) is 10.9. The maximum Gasteiger partial charge on any atom is 0.228 e. The highest BCUT2D eigenvalue weighted by molar-refractivity contribution is 5.93. The van der Waals surface area contributed by atoms with Crippen molar-refractivity contribution >= 4 is 11.6 Å². The number of nitriles is 1. The molecule has 0 aromatic heterocycles. The van der Waals surface area contributed by atoms with Gasteiger partial charge in [0, 0.05) is 12.3 Å². The van der Waals surface area contributed by atoms with Crippen molar-refractivity contribution in [2.75, 3.05) is 5.32 Å². The van der Waals surface area contributed by atoms with Gasteiger partial charge in [0.25, 0.3) is 0 Å². The van der Waals surface area contributed by atoms with Crippen LogP contribution in [-0.2, 0) is 4.79 Å². The van der Waals surface area contributed by atoms with Crippen molar-refractivity contribution in [1.82, 2.24) is 0 Å². The number of nitrogens with zero attached hydrogens (tertiary/aromatic N) is 1. The van der Waals surface area contributed by atoms with Crippen molar-refractivity contribution in [1.29, 1.82) is 5.26 Å². The molecule has 0 heterocycles. The summed E-state index contributed by atoms with van der Waals surface area (Å²) in [5.41, 5.74) is 0.640. The van der Waals surface area contributed by atoms with Gasteiger partial charge < -0.3 is 10.1 Å². The maximum atomic E-state index is 11.8. The van der Waals surface area contributed by atoms with Gasteiger partial charge in [0.2, 0.25) is 5.91 Å². The first kappa shape index (κ1) is 14.0. The van der Waals surface area contributed by atoms with Crippen LogP contribution in [0.25, 0.3) is 0 Å². The number of carbonyl (C=O) groups is 1. The van der Waals surface area contributed by atoms with Crippen molar-refractivity contribution < 1.29 is 9.53 Å². The molecule has 0 fully saturated rings. The van der Waals surface area contributed by atoms with Crippen LogP contribution in [0.2, 0.25) is 0 Å². The number of carbonyl (C=O) groups excluding carboxylic acids is 1. The standard InChI is InChI=1S/C14H18N2O2/c1-10(2)18-13-7-5-4-6-12(13)16-14(17)11(3)8-9-15/h4-7,10-11H,8H2,1-3H3,(H,16,17). The maximum absolute atomic E-state index is 11.8. The highest BCUT2D eigenvalue weighted by Gasteiger charge is 2.14. The molecule has 1 aromatic rings. The van der Waals surface area contributed by atoms with Crippen LogP contribution in [0.5, 0.6) is 5.75 Å². The Kier molecular flexibility index (Phi) is 5.19. The van der Waals surface area contributed by atoms with Crippen LogP contribution >= 0.6 is 0 Å². The second kappa shape index (κ2) is 6.65. The summed E-state index contributed by atoms with van der Waals surface area (Å²) in [5.74, 6) is 0.142. The van der Waals surface area contributed by atoms with E-state index in [9.17, 15) is 4.79 Å². The molecule has 1 N–H and O–H groups in total. The number of para-hydroxylation sites is 2. The van der Waals surface area contributed by atoms with E-state index in [1.165, 1.54) is 0 Å². The minimum absolute atomic E-state index is 0.0413. The average molecular weight is 246 g/mol. The van der Waals surface area contributed by atoms with E-state index in [0.29, 0.717) is 11.4 Å². The van der Waals surface area contributed by atoms with Crippen LogP contribution in [0.3, 0.4) is 0 Å². The summed E-state index contributed by atoms with van der Waals surface area (Å²) in [6, 6.07) is 9.27. The molecule has 1 rings (SSSR count). The van der Waals surface area contributed by atoms with Crippen molar-refractivity contribution in [3.63, 3.8) is 0 Å². The van der Waals surface area contributed by atoms with Gasteiger partial charge in [-0.2, -0.15) is 5.26 Å². The van der Waals surface area contributed by atoms with E-state index in [4.69, 9.17) is 10.00 Å². The Balaban J connectivity index is 2.78. The third-order valence-corrected chi connectivity index (χ3v) is 2.35. The Morgan fingerprint density at radius 2 is 2.06 bits per heavy atom. The summed E-state index contributed by atoms with van der Waals surface area (Å²) in [5, 5.41) is 11.4. The summed E-state index contributed by atoms with van der Waals surface area (Å²) in [7, 11) is 0. The van der Waals surface area contributed by atoms with Crippen molar-refractivity contribution in [2.24, 2.45) is 5.92 Å². The summed E-state index contributed by atoms with van der Waals surface area (Å²) in [4.78, 5) is 11.8. The van der Waals surface area contributed by atoms with Crippen molar-refractivity contribution in [2.45, 2.75) is 33.3 Å². The minimum Gasteiger partial charge on any atom is -0.489 e. The molecule has 18 heavy (non-hydrogen) atoms. The molecular weight excluding hydrogens is 228 g/mol. The van der Waals surface area contributed by atoms with E-state index in [1.54, 1.807) is 13.0 Å². The number of rotatable bonds is 5. The van der Waals surface area contributed by atoms with Crippen LogP contribution in [0.1, 0.15) is 27.2 Å². The predicted molar refractivity (Wildman–Crippen MR) is 70.2 cm³/mol. The van der Waals surface area contributed by atoms with Gasteiger partial charge in [-0.05, 0) is 26.0 Å². The lowest BCUT2D eigenvalue weighted by Crippen LogP contribution is -2.20. The van der Waals surface area contributed by atoms with Crippen molar-refractivity contribution in [3.05, 3.63) is 24.3 Å². The highest BCUT2D eigenvalue weighted by Crippen LogP contribution is 2.25. The fourth-order valence-electron chi connectivity index (χ4n) is 1.41. The molecule has 1 amide bonds. The molecule has 0 bridgehead atoms. The van der Waals surface area contributed by atoms with E-state index in [-0.39, 0.29) is 24.3 Å². The summed E-state index contributed by atoms with van der Waals surface area (Å²) in [6.45, 7) is 5.58. The molecule has 0 aliphatic carbocycles. The smallest absolute Gasteiger partial charge is 0.228 e. The van der Waals surface area contributed by atoms with Crippen molar-refractivity contribution in [3.8, 4) is 11.8 Å². The Labute approximate surface area is 108 Å². The molecule has 1 aromatic carbocycles. The molecule has 1 unspecified atom stereocenters. The Morgan fingerprint density at radius 3 is 2.67 bits per heavy atom. The second-order valence-electron chi connectivity index (χ2n) is 4.42. The summed E-state index contributed by atoms with van der Waals surface area (Å²) in [6.07, 6.45) is 0.249. The Bertz CT molecular complexity index is 449. The molecule has 1 atom stereocenters. The zero-order valence-corrected chi connectivity index (χ0v) is 10.9. The molecule has 0 saturated carbocycles. The highest BCUT2D eigenvalue weighted by atomic mass is 16.5. The van der Waals surface area contributed by atoms with E-state index < -0.39 is 0 Å². The summed E-state index contributed by atoms with van der Waals surface area (Å²) >= 11 is 0. The number of hydrogen-bond acceptors (Lipinski definition) is 3. The lowest BCUT2D eigenvalue weighted by molar-refractivity contribution is -0.119. The zero-order chi connectivity index (χ0) is 13.5. The summed E-state index contributed by atoms with van der Waals surface area (Å²) < 4.78 is 5.61. The van der Waals surface area contributed by atoms with Crippen LogP contribution in [0, 0.1) is 17.2 Å². The van der Waals surface area contributed by atoms with E-state index in [1.807, 2.05) is 38.1 Å². The van der Waals surface area contributed by atoms with Gasteiger partial charge in [-0.3, -0.25) is 4.79 Å². The molecule has 4 heteroatoms. The first-order valence-corrected chi connectivity index (χ1v) is 5.98. The van der Waals surface area contributed by atoms with Gasteiger partial charge in [-0.25, -0.2) is 0 Å². The van der Waals surface area contributed by atoms with Crippen LogP contribution < -0.4 is 10.1 Å². The van der Waals surface area contributed by atoms with Crippen LogP contribution in [-0.4, -0.2) is 12.0 Å². The first-order valence-electron chi connectivity index (χ1n) is 5.98. The Hall–Kier alpha value is -2.02. The third-order valence-electron chi connectivity index (χ3n) is 2.35. The number of anilines is 1. The molecule has 96 valence electrons. The largest absolute Gasteiger partial charge is 0.489 e. The van der Waals surface area contributed by atoms with Gasteiger partial charge in [0.15, 0.2) is 0 Å². The quantitative estimate of drug-likeness (QED) is 0.868. The van der Waals surface area contributed by atoms with E-state index in [0.717, 1.165) is 0 Å². The third kappa shape index (κ3) is 4.10. The van der Waals surface area contributed by atoms with Crippen LogP contribution in [0.15, 0.2) is 24.3 Å². The lowest BCUT2D eigenvalue weighted by Gasteiger charge is -2.16. The first-order chi connectivity index (χ1) is 8.54. The molecule has 0 radical (unpaired) electrons. The number of hydrogen-bond donors (Lipinski definition) is 1. The van der Waals surface area contributed by atoms with E-state index in [2.05, 4.69) is 5.32 Å². The average Bonchev–Trinajstić information content (AvgIpc) is 2.31. The van der Waals surface area contributed by atoms with Gasteiger partial charge in [0.1, 0.15) is 5.75 Å². The van der Waals surface area contributed by atoms with Gasteiger partial charge >= 0.3 is 0 Å². The number of ether oxygens (including phenoxy) is 1. The number of benzene rings is 1. The second-order valence-corrected chi connectivity index (χ2v) is 4.42. The van der Waals surface area contributed by atoms with Crippen LogP contribution in [0.4, 0.5) is 5.69 Å². The van der Waals surface area contributed by atoms with Gasteiger partial charge in [0.05, 0.1) is 17.9 Å². The fraction of sp³-hybridized carbons (Fsp3) is 0.429. The van der Waals surface area contributed by atoms with Gasteiger partial charge in [-0.15, -0.1) is 0 Å². The van der Waals surface area contributed by atoms with Gasteiger partial charge in [-0.1, -0.05) is 19.1 Å². The minimum atomic E-state index is -0.331. The molecule has 0 aliphatic heterocycles. The van der Waals surface area contributed by atoms with E-state index >= 15 is 0 Å². The molecule has 0 aliphatic rings. The number of nitrogens with one attached hydrogen (secondary N) is 1. The molecule has 0 spiro atoms.